The van der Waals surface area contributed by atoms with E-state index in [0.717, 1.165) is 32.4 Å². The molecule has 1 aliphatic rings. The maximum Gasteiger partial charge on any atom is 0.271 e. The number of halogens is 1. The molecule has 0 aromatic carbocycles. The molecule has 1 aliphatic heterocycles. The first-order valence-electron chi connectivity index (χ1n) is 7.39. The Kier molecular flexibility index (Phi) is 6.42. The van der Waals surface area contributed by atoms with Gasteiger partial charge < -0.3 is 10.6 Å². The van der Waals surface area contributed by atoms with Gasteiger partial charge in [0.1, 0.15) is 5.69 Å². The molecule has 120 valence electrons. The standard InChI is InChI=1S/C15H20N4OS.ClH/c20-15(17-8-5-13-4-2-10-21-13)14-6-9-19(18-14)12-3-1-7-16-11-12;/h2,4,6,9-10,12,16H,1,3,5,7-8,11H2,(H,17,20);1H. The zero-order valence-corrected chi connectivity index (χ0v) is 14.0. The van der Waals surface area contributed by atoms with Crippen LogP contribution in [0.4, 0.5) is 0 Å². The van der Waals surface area contributed by atoms with Gasteiger partial charge in [-0.2, -0.15) is 5.10 Å². The maximum atomic E-state index is 12.1. The summed E-state index contributed by atoms with van der Waals surface area (Å²) in [6.07, 6.45) is 5.06. The summed E-state index contributed by atoms with van der Waals surface area (Å²) in [4.78, 5) is 13.4. The molecule has 1 saturated heterocycles. The number of amides is 1. The van der Waals surface area contributed by atoms with Gasteiger partial charge in [0.2, 0.25) is 0 Å². The van der Waals surface area contributed by atoms with E-state index < -0.39 is 0 Å². The Morgan fingerprint density at radius 3 is 3.14 bits per heavy atom. The van der Waals surface area contributed by atoms with E-state index in [-0.39, 0.29) is 18.3 Å². The predicted molar refractivity (Wildman–Crippen MR) is 91.0 cm³/mol. The average Bonchev–Trinajstić information content (AvgIpc) is 3.20. The van der Waals surface area contributed by atoms with Gasteiger partial charge in [0.05, 0.1) is 6.04 Å². The van der Waals surface area contributed by atoms with Crippen LogP contribution >= 0.6 is 23.7 Å². The SMILES string of the molecule is Cl.O=C(NCCc1cccs1)c1ccn(C2CCCNC2)n1. The molecule has 1 amide bonds. The lowest BCUT2D eigenvalue weighted by molar-refractivity contribution is 0.0948. The molecule has 1 unspecified atom stereocenters. The minimum Gasteiger partial charge on any atom is -0.350 e. The fourth-order valence-electron chi connectivity index (χ4n) is 2.57. The van der Waals surface area contributed by atoms with E-state index in [4.69, 9.17) is 0 Å². The summed E-state index contributed by atoms with van der Waals surface area (Å²) >= 11 is 1.72. The van der Waals surface area contributed by atoms with Gasteiger partial charge in [0, 0.05) is 24.2 Å². The normalized spacial score (nSPS) is 17.7. The number of nitrogens with one attached hydrogen (secondary N) is 2. The van der Waals surface area contributed by atoms with Crippen LogP contribution in [-0.4, -0.2) is 35.3 Å². The summed E-state index contributed by atoms with van der Waals surface area (Å²) in [7, 11) is 0. The quantitative estimate of drug-likeness (QED) is 0.877. The smallest absolute Gasteiger partial charge is 0.271 e. The molecule has 0 bridgehead atoms. The third-order valence-electron chi connectivity index (χ3n) is 3.72. The molecule has 5 nitrogen and oxygen atoms in total. The Morgan fingerprint density at radius 1 is 1.50 bits per heavy atom. The van der Waals surface area contributed by atoms with E-state index in [1.165, 1.54) is 4.88 Å². The van der Waals surface area contributed by atoms with Crippen LogP contribution in [0.25, 0.3) is 0 Å². The molecule has 0 saturated carbocycles. The Labute approximate surface area is 140 Å². The molecular weight excluding hydrogens is 320 g/mol. The lowest BCUT2D eigenvalue weighted by atomic mass is 10.1. The molecule has 22 heavy (non-hydrogen) atoms. The third-order valence-corrected chi connectivity index (χ3v) is 4.66. The topological polar surface area (TPSA) is 59.0 Å². The van der Waals surface area contributed by atoms with E-state index in [1.807, 2.05) is 16.9 Å². The number of piperidine rings is 1. The molecule has 1 atom stereocenters. The van der Waals surface area contributed by atoms with Gasteiger partial charge in [-0.25, -0.2) is 0 Å². The highest BCUT2D eigenvalue weighted by atomic mass is 35.5. The van der Waals surface area contributed by atoms with Crippen molar-refractivity contribution in [1.82, 2.24) is 20.4 Å². The Hall–Kier alpha value is -1.37. The van der Waals surface area contributed by atoms with Crippen molar-refractivity contribution >= 4 is 29.7 Å². The van der Waals surface area contributed by atoms with E-state index in [9.17, 15) is 4.79 Å². The number of nitrogens with zero attached hydrogens (tertiary/aromatic N) is 2. The first kappa shape index (κ1) is 17.0. The van der Waals surface area contributed by atoms with Crippen molar-refractivity contribution in [3.8, 4) is 0 Å². The summed E-state index contributed by atoms with van der Waals surface area (Å²) in [6, 6.07) is 6.28. The number of carbonyl (C=O) groups excluding carboxylic acids is 1. The van der Waals surface area contributed by atoms with Crippen LogP contribution in [0.15, 0.2) is 29.8 Å². The van der Waals surface area contributed by atoms with Crippen LogP contribution in [0.2, 0.25) is 0 Å². The Bertz CT molecular complexity index is 578. The number of aromatic nitrogens is 2. The summed E-state index contributed by atoms with van der Waals surface area (Å²) in [5.74, 6) is -0.0888. The van der Waals surface area contributed by atoms with Crippen LogP contribution in [0, 0.1) is 0 Å². The Balaban J connectivity index is 0.00000176. The van der Waals surface area contributed by atoms with Gasteiger partial charge in [0.15, 0.2) is 0 Å². The summed E-state index contributed by atoms with van der Waals surface area (Å²) < 4.78 is 1.92. The molecule has 1 fully saturated rings. The van der Waals surface area contributed by atoms with Gasteiger partial charge in [-0.05, 0) is 43.3 Å². The number of carbonyl (C=O) groups is 1. The molecule has 3 rings (SSSR count). The van der Waals surface area contributed by atoms with Crippen LogP contribution in [0.5, 0.6) is 0 Å². The summed E-state index contributed by atoms with van der Waals surface area (Å²) in [5, 5.41) is 12.8. The molecule has 0 aliphatic carbocycles. The van der Waals surface area contributed by atoms with E-state index in [1.54, 1.807) is 17.4 Å². The first-order chi connectivity index (χ1) is 10.3. The largest absolute Gasteiger partial charge is 0.350 e. The molecule has 0 radical (unpaired) electrons. The van der Waals surface area contributed by atoms with Crippen molar-refractivity contribution in [1.29, 1.82) is 0 Å². The second-order valence-corrected chi connectivity index (χ2v) is 6.30. The number of hydrogen-bond acceptors (Lipinski definition) is 4. The molecule has 2 aromatic rings. The molecule has 2 N–H and O–H groups in total. The lowest BCUT2D eigenvalue weighted by Crippen LogP contribution is -2.32. The van der Waals surface area contributed by atoms with Crippen LogP contribution in [0.1, 0.15) is 34.2 Å². The van der Waals surface area contributed by atoms with Crippen LogP contribution in [0.3, 0.4) is 0 Å². The van der Waals surface area contributed by atoms with Crippen LogP contribution < -0.4 is 10.6 Å². The molecule has 2 aromatic heterocycles. The minimum atomic E-state index is -0.0888. The van der Waals surface area contributed by atoms with E-state index >= 15 is 0 Å². The van der Waals surface area contributed by atoms with E-state index in [2.05, 4.69) is 27.2 Å². The molecule has 3 heterocycles. The van der Waals surface area contributed by atoms with Crippen molar-refractivity contribution in [3.63, 3.8) is 0 Å². The number of hydrogen-bond donors (Lipinski definition) is 2. The Morgan fingerprint density at radius 2 is 2.41 bits per heavy atom. The van der Waals surface area contributed by atoms with Crippen LogP contribution in [-0.2, 0) is 6.42 Å². The summed E-state index contributed by atoms with van der Waals surface area (Å²) in [5.41, 5.74) is 0.506. The second-order valence-electron chi connectivity index (χ2n) is 5.27. The monoisotopic (exact) mass is 340 g/mol. The molecule has 7 heteroatoms. The highest BCUT2D eigenvalue weighted by Gasteiger charge is 2.17. The molecule has 0 spiro atoms. The third kappa shape index (κ3) is 4.32. The maximum absolute atomic E-state index is 12.1. The van der Waals surface area contributed by atoms with Crippen molar-refractivity contribution in [2.75, 3.05) is 19.6 Å². The highest BCUT2D eigenvalue weighted by Crippen LogP contribution is 2.15. The van der Waals surface area contributed by atoms with Gasteiger partial charge in [-0.1, -0.05) is 6.07 Å². The van der Waals surface area contributed by atoms with E-state index in [0.29, 0.717) is 18.3 Å². The van der Waals surface area contributed by atoms with Crippen molar-refractivity contribution in [2.45, 2.75) is 25.3 Å². The average molecular weight is 341 g/mol. The van der Waals surface area contributed by atoms with Gasteiger partial charge in [-0.15, -0.1) is 23.7 Å². The molecular formula is C15H21ClN4OS. The number of thiophene rings is 1. The van der Waals surface area contributed by atoms with Crippen molar-refractivity contribution in [3.05, 3.63) is 40.3 Å². The lowest BCUT2D eigenvalue weighted by Gasteiger charge is -2.22. The highest BCUT2D eigenvalue weighted by molar-refractivity contribution is 7.09. The number of rotatable bonds is 5. The van der Waals surface area contributed by atoms with Gasteiger partial charge in [-0.3, -0.25) is 9.48 Å². The first-order valence-corrected chi connectivity index (χ1v) is 8.27. The minimum absolute atomic E-state index is 0. The van der Waals surface area contributed by atoms with Gasteiger partial charge >= 0.3 is 0 Å². The second kappa shape index (κ2) is 8.31. The van der Waals surface area contributed by atoms with Gasteiger partial charge in [0.25, 0.3) is 5.91 Å². The van der Waals surface area contributed by atoms with Crippen molar-refractivity contribution in [2.24, 2.45) is 0 Å². The zero-order valence-electron chi connectivity index (χ0n) is 12.3. The zero-order chi connectivity index (χ0) is 14.5. The summed E-state index contributed by atoms with van der Waals surface area (Å²) in [6.45, 7) is 2.66. The predicted octanol–water partition coefficient (Wildman–Crippen LogP) is 2.26. The fourth-order valence-corrected chi connectivity index (χ4v) is 3.28. The fraction of sp³-hybridized carbons (Fsp3) is 0.467. The van der Waals surface area contributed by atoms with Crippen molar-refractivity contribution < 1.29 is 4.79 Å².